The number of amides is 1. The summed E-state index contributed by atoms with van der Waals surface area (Å²) < 4.78 is 36.1. The molecule has 1 N–H and O–H groups in total. The number of nitrogens with one attached hydrogen (secondary N) is 1. The van der Waals surface area contributed by atoms with Crippen LogP contribution in [0.25, 0.3) is 0 Å². The monoisotopic (exact) mass is 362 g/mol. The van der Waals surface area contributed by atoms with Crippen LogP contribution in [0.5, 0.6) is 0 Å². The zero-order chi connectivity index (χ0) is 18.0. The Labute approximate surface area is 144 Å². The fourth-order valence-electron chi connectivity index (χ4n) is 2.36. The van der Waals surface area contributed by atoms with E-state index < -0.39 is 21.8 Å². The summed E-state index contributed by atoms with van der Waals surface area (Å²) in [7, 11) is -3.29. The van der Waals surface area contributed by atoms with Crippen molar-refractivity contribution >= 4 is 27.1 Å². The van der Waals surface area contributed by atoms with Crippen molar-refractivity contribution in [3.8, 4) is 0 Å². The van der Waals surface area contributed by atoms with E-state index in [1.54, 1.807) is 12.1 Å². The topological polar surface area (TPSA) is 84.8 Å². The third-order valence-electron chi connectivity index (χ3n) is 3.67. The summed E-state index contributed by atoms with van der Waals surface area (Å²) >= 11 is 0. The van der Waals surface area contributed by atoms with Crippen molar-refractivity contribution in [2.24, 2.45) is 5.16 Å². The summed E-state index contributed by atoms with van der Waals surface area (Å²) in [6.45, 7) is 0. The molecule has 0 bridgehead atoms. The molecular formula is C17H15FN2O4S. The van der Waals surface area contributed by atoms with Gasteiger partial charge in [0.25, 0.3) is 5.91 Å². The van der Waals surface area contributed by atoms with Crippen molar-refractivity contribution in [2.45, 2.75) is 17.4 Å². The average Bonchev–Trinajstić information content (AvgIpc) is 3.05. The SMILES string of the molecule is CS(=O)(=O)c1ccc(NC(=O)C2CC(c3cccc(F)c3)=NO2)cc1. The first-order valence-corrected chi connectivity index (χ1v) is 9.32. The molecule has 130 valence electrons. The number of halogens is 1. The van der Waals surface area contributed by atoms with Crippen LogP contribution in [-0.4, -0.2) is 32.4 Å². The summed E-state index contributed by atoms with van der Waals surface area (Å²) in [6.07, 6.45) is 0.502. The molecule has 0 saturated carbocycles. The molecule has 0 fully saturated rings. The predicted octanol–water partition coefficient (Wildman–Crippen LogP) is 2.36. The Morgan fingerprint density at radius 3 is 2.60 bits per heavy atom. The van der Waals surface area contributed by atoms with E-state index in [1.807, 2.05) is 0 Å². The van der Waals surface area contributed by atoms with Crippen molar-refractivity contribution in [1.82, 2.24) is 0 Å². The van der Waals surface area contributed by atoms with Crippen molar-refractivity contribution in [3.05, 3.63) is 59.9 Å². The molecule has 1 unspecified atom stereocenters. The van der Waals surface area contributed by atoms with Crippen LogP contribution in [0.15, 0.2) is 58.6 Å². The molecule has 1 amide bonds. The smallest absolute Gasteiger partial charge is 0.268 e. The van der Waals surface area contributed by atoms with Crippen LogP contribution in [0.4, 0.5) is 10.1 Å². The molecule has 25 heavy (non-hydrogen) atoms. The Hall–Kier alpha value is -2.74. The van der Waals surface area contributed by atoms with E-state index in [0.717, 1.165) is 6.26 Å². The number of hydrogen-bond acceptors (Lipinski definition) is 5. The zero-order valence-electron chi connectivity index (χ0n) is 13.3. The molecule has 0 saturated heterocycles. The molecule has 0 radical (unpaired) electrons. The number of carbonyl (C=O) groups excluding carboxylic acids is 1. The number of oxime groups is 1. The van der Waals surface area contributed by atoms with Crippen LogP contribution in [0.2, 0.25) is 0 Å². The van der Waals surface area contributed by atoms with Crippen LogP contribution >= 0.6 is 0 Å². The minimum Gasteiger partial charge on any atom is -0.382 e. The lowest BCUT2D eigenvalue weighted by molar-refractivity contribution is -0.125. The van der Waals surface area contributed by atoms with E-state index >= 15 is 0 Å². The van der Waals surface area contributed by atoms with Gasteiger partial charge in [-0.15, -0.1) is 0 Å². The van der Waals surface area contributed by atoms with Gasteiger partial charge in [0.1, 0.15) is 5.82 Å². The molecule has 0 aromatic heterocycles. The molecule has 0 aliphatic carbocycles. The molecule has 1 atom stereocenters. The molecule has 6 nitrogen and oxygen atoms in total. The highest BCUT2D eigenvalue weighted by Crippen LogP contribution is 2.20. The first-order valence-electron chi connectivity index (χ1n) is 7.42. The van der Waals surface area contributed by atoms with Crippen LogP contribution in [0.1, 0.15) is 12.0 Å². The van der Waals surface area contributed by atoms with E-state index in [1.165, 1.54) is 36.4 Å². The molecule has 2 aromatic carbocycles. The summed E-state index contributed by atoms with van der Waals surface area (Å²) in [4.78, 5) is 17.5. The fraction of sp³-hybridized carbons (Fsp3) is 0.176. The van der Waals surface area contributed by atoms with E-state index in [0.29, 0.717) is 17.0 Å². The van der Waals surface area contributed by atoms with Crippen LogP contribution < -0.4 is 5.32 Å². The highest BCUT2D eigenvalue weighted by Gasteiger charge is 2.29. The number of benzene rings is 2. The standard InChI is InChI=1S/C17H15FN2O4S/c1-25(22,23)14-7-5-13(6-8-14)19-17(21)16-10-15(20-24-16)11-3-2-4-12(18)9-11/h2-9,16H,10H2,1H3,(H,19,21). The van der Waals surface area contributed by atoms with E-state index in [4.69, 9.17) is 4.84 Å². The second-order valence-electron chi connectivity index (χ2n) is 5.63. The Kier molecular flexibility index (Phi) is 4.54. The third-order valence-corrected chi connectivity index (χ3v) is 4.80. The number of sulfone groups is 1. The summed E-state index contributed by atoms with van der Waals surface area (Å²) in [5, 5.41) is 6.49. The van der Waals surface area contributed by atoms with Gasteiger partial charge in [-0.2, -0.15) is 0 Å². The minimum atomic E-state index is -3.29. The Bertz CT molecular complexity index is 939. The summed E-state index contributed by atoms with van der Waals surface area (Å²) in [5.41, 5.74) is 1.50. The van der Waals surface area contributed by atoms with Gasteiger partial charge in [0.05, 0.1) is 10.6 Å². The average molecular weight is 362 g/mol. The Morgan fingerprint density at radius 2 is 1.96 bits per heavy atom. The van der Waals surface area contributed by atoms with Crippen molar-refractivity contribution < 1.29 is 22.4 Å². The second kappa shape index (κ2) is 6.64. The first-order chi connectivity index (χ1) is 11.8. The number of anilines is 1. The lowest BCUT2D eigenvalue weighted by atomic mass is 10.0. The fourth-order valence-corrected chi connectivity index (χ4v) is 3.00. The maximum atomic E-state index is 13.3. The Morgan fingerprint density at radius 1 is 1.24 bits per heavy atom. The third kappa shape index (κ3) is 4.03. The molecule has 2 aromatic rings. The van der Waals surface area contributed by atoms with Gasteiger partial charge >= 0.3 is 0 Å². The summed E-state index contributed by atoms with van der Waals surface area (Å²) in [6, 6.07) is 11.7. The van der Waals surface area contributed by atoms with Gasteiger partial charge < -0.3 is 10.2 Å². The number of carbonyl (C=O) groups is 1. The van der Waals surface area contributed by atoms with Crippen molar-refractivity contribution in [2.75, 3.05) is 11.6 Å². The largest absolute Gasteiger partial charge is 0.382 e. The van der Waals surface area contributed by atoms with E-state index in [9.17, 15) is 17.6 Å². The highest BCUT2D eigenvalue weighted by atomic mass is 32.2. The van der Waals surface area contributed by atoms with Crippen molar-refractivity contribution in [3.63, 3.8) is 0 Å². The molecule has 0 spiro atoms. The lowest BCUT2D eigenvalue weighted by Crippen LogP contribution is -2.28. The van der Waals surface area contributed by atoms with Crippen molar-refractivity contribution in [1.29, 1.82) is 0 Å². The minimum absolute atomic E-state index is 0.166. The quantitative estimate of drug-likeness (QED) is 0.905. The van der Waals surface area contributed by atoms with Gasteiger partial charge in [0.15, 0.2) is 9.84 Å². The van der Waals surface area contributed by atoms with Gasteiger partial charge in [-0.25, -0.2) is 12.8 Å². The number of rotatable bonds is 4. The second-order valence-corrected chi connectivity index (χ2v) is 7.65. The highest BCUT2D eigenvalue weighted by molar-refractivity contribution is 7.90. The molecule has 8 heteroatoms. The first kappa shape index (κ1) is 17.1. The summed E-state index contributed by atoms with van der Waals surface area (Å²) in [5.74, 6) is -0.804. The van der Waals surface area contributed by atoms with Gasteiger partial charge in [0.2, 0.25) is 6.10 Å². The number of nitrogens with zero attached hydrogens (tertiary/aromatic N) is 1. The molecule has 1 heterocycles. The molecule has 1 aliphatic heterocycles. The van der Waals surface area contributed by atoms with Gasteiger partial charge in [-0.05, 0) is 36.4 Å². The van der Waals surface area contributed by atoms with Crippen LogP contribution in [0, 0.1) is 5.82 Å². The zero-order valence-corrected chi connectivity index (χ0v) is 14.1. The van der Waals surface area contributed by atoms with Crippen LogP contribution in [0.3, 0.4) is 0 Å². The maximum Gasteiger partial charge on any atom is 0.268 e. The van der Waals surface area contributed by atoms with E-state index in [2.05, 4.69) is 10.5 Å². The maximum absolute atomic E-state index is 13.3. The van der Waals surface area contributed by atoms with E-state index in [-0.39, 0.29) is 17.1 Å². The number of hydrogen-bond donors (Lipinski definition) is 1. The normalized spacial score (nSPS) is 16.9. The molecule has 1 aliphatic rings. The van der Waals surface area contributed by atoms with Gasteiger partial charge in [-0.3, -0.25) is 4.79 Å². The molecular weight excluding hydrogens is 347 g/mol. The lowest BCUT2D eigenvalue weighted by Gasteiger charge is -2.10. The predicted molar refractivity (Wildman–Crippen MR) is 90.6 cm³/mol. The molecule has 3 rings (SSSR count). The van der Waals surface area contributed by atoms with Crippen LogP contribution in [-0.2, 0) is 19.5 Å². The van der Waals surface area contributed by atoms with Gasteiger partial charge in [-0.1, -0.05) is 17.3 Å². The Balaban J connectivity index is 1.64. The van der Waals surface area contributed by atoms with Gasteiger partial charge in [0, 0.05) is 23.9 Å².